The Balaban J connectivity index is 1.40. The van der Waals surface area contributed by atoms with Crippen molar-refractivity contribution < 1.29 is 19.1 Å². The fourth-order valence-corrected chi connectivity index (χ4v) is 3.58. The van der Waals surface area contributed by atoms with Crippen LogP contribution < -0.4 is 15.0 Å². The number of ether oxygens (including phenoxy) is 2. The molecular formula is C22H24N2O4. The van der Waals surface area contributed by atoms with Crippen LogP contribution in [0.4, 0.5) is 11.4 Å². The van der Waals surface area contributed by atoms with Crippen molar-refractivity contribution in [2.24, 2.45) is 0 Å². The molecule has 28 heavy (non-hydrogen) atoms. The molecule has 2 fully saturated rings. The standard InChI is InChI=1S/C22H24N2O4/c25-21-8-3-13-24(21)20-7-2-1-6-19(20)23-22(26)16-9-11-17(12-10-16)28-15-18-5-4-14-27-18/h1-2,6-7,9-12,18H,3-5,8,13-15H2,(H,23,26). The molecule has 2 aromatic carbocycles. The number of benzene rings is 2. The van der Waals surface area contributed by atoms with Gasteiger partial charge in [0.1, 0.15) is 12.4 Å². The maximum absolute atomic E-state index is 12.7. The monoisotopic (exact) mass is 380 g/mol. The minimum atomic E-state index is -0.218. The normalized spacial score (nSPS) is 19.1. The molecular weight excluding hydrogens is 356 g/mol. The zero-order valence-electron chi connectivity index (χ0n) is 15.7. The third kappa shape index (κ3) is 4.17. The Kier molecular flexibility index (Phi) is 5.58. The van der Waals surface area contributed by atoms with Gasteiger partial charge in [-0.15, -0.1) is 0 Å². The van der Waals surface area contributed by atoms with Gasteiger partial charge >= 0.3 is 0 Å². The Bertz CT molecular complexity index is 844. The number of amides is 2. The largest absolute Gasteiger partial charge is 0.491 e. The molecule has 1 unspecified atom stereocenters. The smallest absolute Gasteiger partial charge is 0.255 e. The zero-order valence-corrected chi connectivity index (χ0v) is 15.7. The molecule has 0 aliphatic carbocycles. The van der Waals surface area contributed by atoms with E-state index in [-0.39, 0.29) is 17.9 Å². The second kappa shape index (κ2) is 8.44. The molecule has 2 heterocycles. The number of nitrogens with one attached hydrogen (secondary N) is 1. The van der Waals surface area contributed by atoms with Crippen molar-refractivity contribution in [1.29, 1.82) is 0 Å². The van der Waals surface area contributed by atoms with E-state index in [9.17, 15) is 9.59 Å². The summed E-state index contributed by atoms with van der Waals surface area (Å²) in [4.78, 5) is 26.5. The number of carbonyl (C=O) groups is 2. The first-order valence-corrected chi connectivity index (χ1v) is 9.76. The highest BCUT2D eigenvalue weighted by molar-refractivity contribution is 6.08. The first-order chi connectivity index (χ1) is 13.7. The number of hydrogen-bond acceptors (Lipinski definition) is 4. The van der Waals surface area contributed by atoms with Crippen LogP contribution in [0.1, 0.15) is 36.0 Å². The zero-order chi connectivity index (χ0) is 19.3. The van der Waals surface area contributed by atoms with Gasteiger partial charge in [-0.2, -0.15) is 0 Å². The van der Waals surface area contributed by atoms with E-state index < -0.39 is 0 Å². The number of nitrogens with zero attached hydrogens (tertiary/aromatic N) is 1. The average Bonchev–Trinajstić information content (AvgIpc) is 3.39. The fraction of sp³-hybridized carbons (Fsp3) is 0.364. The van der Waals surface area contributed by atoms with Gasteiger partial charge in [0.05, 0.1) is 17.5 Å². The van der Waals surface area contributed by atoms with Crippen molar-refractivity contribution in [1.82, 2.24) is 0 Å². The van der Waals surface area contributed by atoms with E-state index in [4.69, 9.17) is 9.47 Å². The van der Waals surface area contributed by atoms with E-state index in [1.54, 1.807) is 29.2 Å². The van der Waals surface area contributed by atoms with Crippen LogP contribution >= 0.6 is 0 Å². The summed E-state index contributed by atoms with van der Waals surface area (Å²) in [6, 6.07) is 14.5. The first-order valence-electron chi connectivity index (χ1n) is 9.76. The third-order valence-corrected chi connectivity index (χ3v) is 5.09. The summed E-state index contributed by atoms with van der Waals surface area (Å²) in [7, 11) is 0. The number of rotatable bonds is 6. The molecule has 0 aromatic heterocycles. The van der Waals surface area contributed by atoms with Crippen LogP contribution in [0.5, 0.6) is 5.75 Å². The summed E-state index contributed by atoms with van der Waals surface area (Å²) < 4.78 is 11.3. The summed E-state index contributed by atoms with van der Waals surface area (Å²) >= 11 is 0. The van der Waals surface area contributed by atoms with E-state index in [0.29, 0.717) is 30.8 Å². The van der Waals surface area contributed by atoms with Crippen molar-refractivity contribution in [3.05, 3.63) is 54.1 Å². The van der Waals surface area contributed by atoms with Crippen LogP contribution in [0, 0.1) is 0 Å². The molecule has 0 spiro atoms. The fourth-order valence-electron chi connectivity index (χ4n) is 3.58. The highest BCUT2D eigenvalue weighted by Crippen LogP contribution is 2.29. The highest BCUT2D eigenvalue weighted by Gasteiger charge is 2.24. The van der Waals surface area contributed by atoms with Crippen LogP contribution in [0.15, 0.2) is 48.5 Å². The number of hydrogen-bond donors (Lipinski definition) is 1. The second-order valence-corrected chi connectivity index (χ2v) is 7.09. The molecule has 2 aliphatic heterocycles. The van der Waals surface area contributed by atoms with E-state index in [1.807, 2.05) is 24.3 Å². The van der Waals surface area contributed by atoms with E-state index in [0.717, 1.165) is 37.3 Å². The lowest BCUT2D eigenvalue weighted by Gasteiger charge is -2.20. The van der Waals surface area contributed by atoms with E-state index >= 15 is 0 Å². The maximum Gasteiger partial charge on any atom is 0.255 e. The minimum absolute atomic E-state index is 0.0921. The van der Waals surface area contributed by atoms with Crippen LogP contribution in [0.2, 0.25) is 0 Å². The van der Waals surface area contributed by atoms with Crippen molar-refractivity contribution in [3.8, 4) is 5.75 Å². The van der Waals surface area contributed by atoms with Gasteiger partial charge in [-0.25, -0.2) is 0 Å². The summed E-state index contributed by atoms with van der Waals surface area (Å²) in [5.41, 5.74) is 1.92. The Hall–Kier alpha value is -2.86. The van der Waals surface area contributed by atoms with Crippen LogP contribution in [0.25, 0.3) is 0 Å². The summed E-state index contributed by atoms with van der Waals surface area (Å²) in [6.45, 7) is 2.02. The molecule has 2 aromatic rings. The van der Waals surface area contributed by atoms with E-state index in [2.05, 4.69) is 5.32 Å². The predicted octanol–water partition coefficient (Wildman–Crippen LogP) is 3.62. The van der Waals surface area contributed by atoms with Gasteiger partial charge in [0.25, 0.3) is 5.91 Å². The summed E-state index contributed by atoms with van der Waals surface area (Å²) in [5.74, 6) is 0.592. The number of anilines is 2. The summed E-state index contributed by atoms with van der Waals surface area (Å²) in [5, 5.41) is 2.93. The van der Waals surface area contributed by atoms with Gasteiger partial charge in [-0.3, -0.25) is 9.59 Å². The molecule has 0 saturated carbocycles. The van der Waals surface area contributed by atoms with Gasteiger partial charge in [-0.05, 0) is 55.7 Å². The van der Waals surface area contributed by atoms with Crippen molar-refractivity contribution >= 4 is 23.2 Å². The molecule has 0 radical (unpaired) electrons. The number of para-hydroxylation sites is 2. The van der Waals surface area contributed by atoms with Gasteiger partial charge in [0.2, 0.25) is 5.91 Å². The van der Waals surface area contributed by atoms with Crippen molar-refractivity contribution in [2.75, 3.05) is 30.0 Å². The van der Waals surface area contributed by atoms with Gasteiger partial charge < -0.3 is 19.7 Å². The molecule has 6 heteroatoms. The number of carbonyl (C=O) groups excluding carboxylic acids is 2. The molecule has 1 N–H and O–H groups in total. The lowest BCUT2D eigenvalue weighted by molar-refractivity contribution is -0.117. The van der Waals surface area contributed by atoms with Crippen molar-refractivity contribution in [3.63, 3.8) is 0 Å². The lowest BCUT2D eigenvalue weighted by Crippen LogP contribution is -2.25. The Morgan fingerprint density at radius 3 is 2.68 bits per heavy atom. The van der Waals surface area contributed by atoms with Crippen LogP contribution in [-0.2, 0) is 9.53 Å². The average molecular weight is 380 g/mol. The molecule has 2 amide bonds. The summed E-state index contributed by atoms with van der Waals surface area (Å²) in [6.07, 6.45) is 3.66. The van der Waals surface area contributed by atoms with E-state index in [1.165, 1.54) is 0 Å². The molecule has 2 aliphatic rings. The van der Waals surface area contributed by atoms with Gasteiger partial charge in [-0.1, -0.05) is 12.1 Å². The van der Waals surface area contributed by atoms with Gasteiger partial charge in [0.15, 0.2) is 0 Å². The second-order valence-electron chi connectivity index (χ2n) is 7.09. The van der Waals surface area contributed by atoms with Gasteiger partial charge in [0, 0.05) is 25.1 Å². The lowest BCUT2D eigenvalue weighted by atomic mass is 10.2. The minimum Gasteiger partial charge on any atom is -0.491 e. The molecule has 0 bridgehead atoms. The van der Waals surface area contributed by atoms with Crippen LogP contribution in [0.3, 0.4) is 0 Å². The molecule has 4 rings (SSSR count). The quantitative estimate of drug-likeness (QED) is 0.831. The molecule has 146 valence electrons. The Labute approximate surface area is 164 Å². The third-order valence-electron chi connectivity index (χ3n) is 5.09. The molecule has 6 nitrogen and oxygen atoms in total. The first kappa shape index (κ1) is 18.5. The Morgan fingerprint density at radius 1 is 1.14 bits per heavy atom. The maximum atomic E-state index is 12.7. The van der Waals surface area contributed by atoms with Crippen molar-refractivity contribution in [2.45, 2.75) is 31.8 Å². The molecule has 1 atom stereocenters. The predicted molar refractivity (Wildman–Crippen MR) is 107 cm³/mol. The molecule has 2 saturated heterocycles. The topological polar surface area (TPSA) is 67.9 Å². The van der Waals surface area contributed by atoms with Crippen LogP contribution in [-0.4, -0.2) is 37.7 Å². The highest BCUT2D eigenvalue weighted by atomic mass is 16.5. The Morgan fingerprint density at radius 2 is 1.96 bits per heavy atom. The SMILES string of the molecule is O=C(Nc1ccccc1N1CCCC1=O)c1ccc(OCC2CCCO2)cc1.